The lowest BCUT2D eigenvalue weighted by atomic mass is 10.2. The molecule has 2 heterocycles. The van der Waals surface area contributed by atoms with Crippen LogP contribution in [0.25, 0.3) is 11.4 Å². The molecule has 1 saturated heterocycles. The number of carbonyl (C=O) groups is 1. The number of amides is 1. The van der Waals surface area contributed by atoms with Crippen LogP contribution in [0.15, 0.2) is 41.3 Å². The Morgan fingerprint density at radius 1 is 1.15 bits per heavy atom. The maximum atomic E-state index is 12.7. The number of ether oxygens (including phenoxy) is 1. The molecular weight excluding hydrogens is 344 g/mol. The number of rotatable bonds is 7. The highest BCUT2D eigenvalue weighted by Gasteiger charge is 2.24. The maximum absolute atomic E-state index is 12.7. The molecule has 0 spiro atoms. The quantitative estimate of drug-likeness (QED) is 0.750. The van der Waals surface area contributed by atoms with Gasteiger partial charge >= 0.3 is 0 Å². The van der Waals surface area contributed by atoms with E-state index in [0.29, 0.717) is 18.9 Å². The molecule has 1 aromatic heterocycles. The second-order valence-electron chi connectivity index (χ2n) is 6.67. The van der Waals surface area contributed by atoms with Crippen LogP contribution in [0.3, 0.4) is 0 Å². The first-order valence-corrected chi connectivity index (χ1v) is 9.34. The Kier molecular flexibility index (Phi) is 6.73. The van der Waals surface area contributed by atoms with Gasteiger partial charge in [-0.15, -0.1) is 0 Å². The van der Waals surface area contributed by atoms with Crippen molar-refractivity contribution < 1.29 is 9.53 Å². The number of hydrogen-bond acceptors (Lipinski definition) is 5. The zero-order valence-corrected chi connectivity index (χ0v) is 15.7. The maximum Gasteiger partial charge on any atom is 0.264 e. The highest BCUT2D eigenvalue weighted by atomic mass is 16.5. The number of benzene rings is 1. The summed E-state index contributed by atoms with van der Waals surface area (Å²) in [6, 6.07) is 9.39. The second kappa shape index (κ2) is 9.43. The van der Waals surface area contributed by atoms with Crippen LogP contribution in [0, 0.1) is 0 Å². The number of nitrogens with zero attached hydrogens (tertiary/aromatic N) is 3. The smallest absolute Gasteiger partial charge is 0.264 e. The molecule has 0 saturated carbocycles. The molecule has 1 aliphatic rings. The number of aromatic nitrogens is 2. The van der Waals surface area contributed by atoms with E-state index in [0.717, 1.165) is 44.6 Å². The van der Waals surface area contributed by atoms with E-state index in [1.807, 2.05) is 30.3 Å². The summed E-state index contributed by atoms with van der Waals surface area (Å²) in [7, 11) is 1.72. The second-order valence-corrected chi connectivity index (χ2v) is 6.67. The van der Waals surface area contributed by atoms with Gasteiger partial charge in [0.25, 0.3) is 11.5 Å². The van der Waals surface area contributed by atoms with E-state index >= 15 is 0 Å². The number of unbranched alkanes of at least 4 members (excludes halogenated alkanes) is 1. The fourth-order valence-corrected chi connectivity index (χ4v) is 3.22. The Morgan fingerprint density at radius 3 is 2.56 bits per heavy atom. The average Bonchev–Trinajstić information content (AvgIpc) is 2.72. The van der Waals surface area contributed by atoms with Crippen LogP contribution >= 0.6 is 0 Å². The summed E-state index contributed by atoms with van der Waals surface area (Å²) in [5.41, 5.74) is 0.523. The normalized spacial score (nSPS) is 15.1. The van der Waals surface area contributed by atoms with E-state index in [-0.39, 0.29) is 11.5 Å². The highest BCUT2D eigenvalue weighted by Crippen LogP contribution is 2.13. The molecule has 0 atom stereocenters. The fraction of sp³-hybridized carbons (Fsp3) is 0.450. The number of nitrogens with one attached hydrogen (secondary N) is 1. The lowest BCUT2D eigenvalue weighted by molar-refractivity contribution is 0.0630. The van der Waals surface area contributed by atoms with Gasteiger partial charge in [-0.1, -0.05) is 30.3 Å². The minimum absolute atomic E-state index is 0.100. The predicted molar refractivity (Wildman–Crippen MR) is 104 cm³/mol. The minimum Gasteiger partial charge on any atom is -0.385 e. The van der Waals surface area contributed by atoms with Gasteiger partial charge in [-0.25, -0.2) is 4.98 Å². The first-order valence-electron chi connectivity index (χ1n) is 9.34. The zero-order chi connectivity index (χ0) is 19.1. The molecule has 144 valence electrons. The first-order chi connectivity index (χ1) is 13.2. The Morgan fingerprint density at radius 2 is 1.89 bits per heavy atom. The van der Waals surface area contributed by atoms with Gasteiger partial charge in [0.1, 0.15) is 11.4 Å². The highest BCUT2D eigenvalue weighted by molar-refractivity contribution is 5.93. The third-order valence-corrected chi connectivity index (χ3v) is 4.81. The molecule has 3 rings (SSSR count). The number of hydrogen-bond donors (Lipinski definition) is 1. The molecular formula is C20H26N4O3. The monoisotopic (exact) mass is 370 g/mol. The van der Waals surface area contributed by atoms with Gasteiger partial charge in [-0.05, 0) is 19.4 Å². The summed E-state index contributed by atoms with van der Waals surface area (Å²) in [6.45, 7) is 4.71. The summed E-state index contributed by atoms with van der Waals surface area (Å²) in [6.07, 6.45) is 3.53. The van der Waals surface area contributed by atoms with Gasteiger partial charge in [0.05, 0.1) is 0 Å². The molecule has 0 aliphatic carbocycles. The molecule has 1 fully saturated rings. The van der Waals surface area contributed by atoms with Gasteiger partial charge in [-0.2, -0.15) is 0 Å². The van der Waals surface area contributed by atoms with Gasteiger partial charge in [-0.3, -0.25) is 14.5 Å². The van der Waals surface area contributed by atoms with Gasteiger partial charge in [0.15, 0.2) is 0 Å². The molecule has 1 aromatic carbocycles. The van der Waals surface area contributed by atoms with E-state index in [1.54, 1.807) is 12.0 Å². The SMILES string of the molecule is COCCCCN1CCN(C(=O)c2cnc(-c3ccccc3)[nH]c2=O)CC1. The first kappa shape index (κ1) is 19.3. The number of H-pyrrole nitrogens is 1. The minimum atomic E-state index is -0.393. The molecule has 7 nitrogen and oxygen atoms in total. The van der Waals surface area contributed by atoms with Crippen molar-refractivity contribution >= 4 is 5.91 Å². The van der Waals surface area contributed by atoms with Crippen molar-refractivity contribution in [3.05, 3.63) is 52.4 Å². The van der Waals surface area contributed by atoms with E-state index in [1.165, 1.54) is 6.20 Å². The average molecular weight is 370 g/mol. The molecule has 1 amide bonds. The van der Waals surface area contributed by atoms with Crippen molar-refractivity contribution in [2.24, 2.45) is 0 Å². The molecule has 1 N–H and O–H groups in total. The Balaban J connectivity index is 1.58. The van der Waals surface area contributed by atoms with Crippen LogP contribution in [0.4, 0.5) is 0 Å². The van der Waals surface area contributed by atoms with Gasteiger partial charge in [0, 0.05) is 51.7 Å². The van der Waals surface area contributed by atoms with E-state index in [4.69, 9.17) is 4.74 Å². The summed E-state index contributed by atoms with van der Waals surface area (Å²) < 4.78 is 5.07. The number of aromatic amines is 1. The third-order valence-electron chi connectivity index (χ3n) is 4.81. The van der Waals surface area contributed by atoms with Crippen LogP contribution in [-0.2, 0) is 4.74 Å². The molecule has 0 unspecified atom stereocenters. The Bertz CT molecular complexity index is 798. The largest absolute Gasteiger partial charge is 0.385 e. The molecule has 0 radical (unpaired) electrons. The van der Waals surface area contributed by atoms with Crippen molar-refractivity contribution in [1.82, 2.24) is 19.8 Å². The van der Waals surface area contributed by atoms with Crippen molar-refractivity contribution in [3.63, 3.8) is 0 Å². The van der Waals surface area contributed by atoms with Crippen LogP contribution in [-0.4, -0.2) is 72.1 Å². The summed E-state index contributed by atoms with van der Waals surface area (Å²) in [5.74, 6) is 0.223. The Hall–Kier alpha value is -2.51. The van der Waals surface area contributed by atoms with E-state index in [9.17, 15) is 9.59 Å². The van der Waals surface area contributed by atoms with Crippen LogP contribution in [0.5, 0.6) is 0 Å². The number of methoxy groups -OCH3 is 1. The molecule has 0 bridgehead atoms. The standard InChI is InChI=1S/C20H26N4O3/c1-27-14-6-5-9-23-10-12-24(13-11-23)20(26)17-15-21-18(22-19(17)25)16-7-3-2-4-8-16/h2-4,7-8,15H,5-6,9-14H2,1H3,(H,21,22,25). The lowest BCUT2D eigenvalue weighted by Crippen LogP contribution is -2.49. The van der Waals surface area contributed by atoms with Crippen LogP contribution in [0.2, 0.25) is 0 Å². The summed E-state index contributed by atoms with van der Waals surface area (Å²) in [4.78, 5) is 36.2. The van der Waals surface area contributed by atoms with Crippen molar-refractivity contribution in [2.45, 2.75) is 12.8 Å². The number of piperazine rings is 1. The van der Waals surface area contributed by atoms with Crippen molar-refractivity contribution in [3.8, 4) is 11.4 Å². The molecule has 2 aromatic rings. The van der Waals surface area contributed by atoms with E-state index in [2.05, 4.69) is 14.9 Å². The molecule has 7 heteroatoms. The lowest BCUT2D eigenvalue weighted by Gasteiger charge is -2.34. The number of carbonyl (C=O) groups excluding carboxylic acids is 1. The summed E-state index contributed by atoms with van der Waals surface area (Å²) >= 11 is 0. The molecule has 1 aliphatic heterocycles. The van der Waals surface area contributed by atoms with Crippen LogP contribution < -0.4 is 5.56 Å². The van der Waals surface area contributed by atoms with Gasteiger partial charge < -0.3 is 14.6 Å². The Labute approximate surface area is 159 Å². The topological polar surface area (TPSA) is 78.5 Å². The third kappa shape index (κ3) is 5.02. The van der Waals surface area contributed by atoms with Gasteiger partial charge in [0.2, 0.25) is 0 Å². The fourth-order valence-electron chi connectivity index (χ4n) is 3.22. The zero-order valence-electron chi connectivity index (χ0n) is 15.7. The van der Waals surface area contributed by atoms with Crippen molar-refractivity contribution in [2.75, 3.05) is 46.4 Å². The van der Waals surface area contributed by atoms with E-state index < -0.39 is 5.56 Å². The van der Waals surface area contributed by atoms with Crippen molar-refractivity contribution in [1.29, 1.82) is 0 Å². The van der Waals surface area contributed by atoms with Crippen LogP contribution in [0.1, 0.15) is 23.2 Å². The summed E-state index contributed by atoms with van der Waals surface area (Å²) in [5, 5.41) is 0. The predicted octanol–water partition coefficient (Wildman–Crippen LogP) is 1.62. The molecule has 27 heavy (non-hydrogen) atoms.